The van der Waals surface area contributed by atoms with E-state index in [-0.39, 0.29) is 5.57 Å². The minimum atomic E-state index is -0.599. The number of nitrogens with one attached hydrogen (secondary N) is 1. The number of barbiturate groups is 1. The number of thioether (sulfide) groups is 2. The van der Waals surface area contributed by atoms with Crippen LogP contribution in [0.3, 0.4) is 0 Å². The van der Waals surface area contributed by atoms with Crippen LogP contribution in [0.25, 0.3) is 0 Å². The monoisotopic (exact) mass is 300 g/mol. The number of rotatable bonds is 3. The SMILES string of the molecule is CCCCN1C(=O)NC(=O)C(=C2SCCCS2)C1=O. The van der Waals surface area contributed by atoms with Crippen LogP contribution in [0.15, 0.2) is 9.81 Å². The first-order valence-corrected chi connectivity index (χ1v) is 8.29. The number of carbonyl (C=O) groups is 3. The maximum absolute atomic E-state index is 12.3. The molecule has 2 aliphatic heterocycles. The van der Waals surface area contributed by atoms with Crippen LogP contribution in [0.2, 0.25) is 0 Å². The number of hydrogen-bond donors (Lipinski definition) is 1. The molecule has 2 fully saturated rings. The molecular formula is C12H16N2O3S2. The van der Waals surface area contributed by atoms with Gasteiger partial charge in [0.2, 0.25) is 0 Å². The summed E-state index contributed by atoms with van der Waals surface area (Å²) in [5, 5.41) is 2.26. The molecule has 2 rings (SSSR count). The number of hydrogen-bond acceptors (Lipinski definition) is 5. The summed E-state index contributed by atoms with van der Waals surface area (Å²) in [6.45, 7) is 2.35. The molecule has 0 spiro atoms. The van der Waals surface area contributed by atoms with E-state index >= 15 is 0 Å². The van der Waals surface area contributed by atoms with Gasteiger partial charge in [0, 0.05) is 6.54 Å². The Labute approximate surface area is 120 Å². The molecule has 0 atom stereocenters. The van der Waals surface area contributed by atoms with Crippen molar-refractivity contribution in [3.05, 3.63) is 9.81 Å². The van der Waals surface area contributed by atoms with E-state index in [1.165, 1.54) is 23.5 Å². The molecule has 0 aromatic heterocycles. The van der Waals surface area contributed by atoms with Gasteiger partial charge < -0.3 is 0 Å². The van der Waals surface area contributed by atoms with Crippen LogP contribution in [-0.2, 0) is 9.59 Å². The standard InChI is InChI=1S/C12H16N2O3S2/c1-2-3-5-14-10(16)8(9(15)13-12(14)17)11-18-6-4-7-19-11/h2-7H2,1H3,(H,13,15,17). The summed E-state index contributed by atoms with van der Waals surface area (Å²) < 4.78 is 0.753. The fourth-order valence-electron chi connectivity index (χ4n) is 1.83. The molecule has 4 amide bonds. The lowest BCUT2D eigenvalue weighted by Gasteiger charge is -2.28. The second-order valence-electron chi connectivity index (χ2n) is 4.28. The Morgan fingerprint density at radius 3 is 2.53 bits per heavy atom. The normalized spacial score (nSPS) is 20.9. The first-order valence-electron chi connectivity index (χ1n) is 6.32. The number of unbranched alkanes of at least 4 members (excludes halogenated alkanes) is 1. The number of nitrogens with zero attached hydrogens (tertiary/aromatic N) is 1. The highest BCUT2D eigenvalue weighted by Gasteiger charge is 2.38. The van der Waals surface area contributed by atoms with Gasteiger partial charge in [-0.15, -0.1) is 23.5 Å². The van der Waals surface area contributed by atoms with E-state index < -0.39 is 17.8 Å². The molecule has 19 heavy (non-hydrogen) atoms. The Hall–Kier alpha value is -0.950. The van der Waals surface area contributed by atoms with E-state index in [0.29, 0.717) is 6.54 Å². The fraction of sp³-hybridized carbons (Fsp3) is 0.583. The van der Waals surface area contributed by atoms with E-state index in [1.54, 1.807) is 0 Å². The molecule has 7 heteroatoms. The Morgan fingerprint density at radius 1 is 1.21 bits per heavy atom. The van der Waals surface area contributed by atoms with E-state index in [1.807, 2.05) is 6.92 Å². The van der Waals surface area contributed by atoms with Crippen LogP contribution in [0.4, 0.5) is 4.79 Å². The summed E-state index contributed by atoms with van der Waals surface area (Å²) in [6.07, 6.45) is 2.71. The van der Waals surface area contributed by atoms with Gasteiger partial charge in [-0.3, -0.25) is 19.8 Å². The largest absolute Gasteiger partial charge is 0.331 e. The average molecular weight is 300 g/mol. The van der Waals surface area contributed by atoms with Crippen molar-refractivity contribution in [2.45, 2.75) is 26.2 Å². The van der Waals surface area contributed by atoms with E-state index in [2.05, 4.69) is 5.32 Å². The molecule has 2 aliphatic rings. The van der Waals surface area contributed by atoms with Gasteiger partial charge in [0.05, 0.1) is 4.24 Å². The Bertz CT molecular complexity index is 440. The van der Waals surface area contributed by atoms with Crippen molar-refractivity contribution >= 4 is 41.4 Å². The van der Waals surface area contributed by atoms with Gasteiger partial charge >= 0.3 is 6.03 Å². The van der Waals surface area contributed by atoms with Crippen molar-refractivity contribution < 1.29 is 14.4 Å². The van der Waals surface area contributed by atoms with Crippen LogP contribution < -0.4 is 5.32 Å². The number of urea groups is 1. The predicted octanol–water partition coefficient (Wildman–Crippen LogP) is 1.95. The maximum atomic E-state index is 12.3. The Kier molecular flexibility index (Phi) is 4.93. The second kappa shape index (κ2) is 6.47. The molecule has 0 radical (unpaired) electrons. The minimum Gasteiger partial charge on any atom is -0.273 e. The van der Waals surface area contributed by atoms with Gasteiger partial charge in [-0.1, -0.05) is 13.3 Å². The van der Waals surface area contributed by atoms with Crippen LogP contribution in [0.1, 0.15) is 26.2 Å². The molecule has 0 aromatic rings. The van der Waals surface area contributed by atoms with Crippen LogP contribution in [0, 0.1) is 0 Å². The van der Waals surface area contributed by atoms with Gasteiger partial charge in [0.15, 0.2) is 0 Å². The lowest BCUT2D eigenvalue weighted by molar-refractivity contribution is -0.130. The van der Waals surface area contributed by atoms with E-state index in [0.717, 1.165) is 39.9 Å². The highest BCUT2D eigenvalue weighted by atomic mass is 32.2. The Balaban J connectivity index is 2.24. The van der Waals surface area contributed by atoms with Crippen molar-refractivity contribution in [2.75, 3.05) is 18.1 Å². The molecule has 2 saturated heterocycles. The van der Waals surface area contributed by atoms with Crippen LogP contribution >= 0.6 is 23.5 Å². The molecule has 104 valence electrons. The smallest absolute Gasteiger partial charge is 0.273 e. The van der Waals surface area contributed by atoms with Gasteiger partial charge in [-0.2, -0.15) is 0 Å². The first-order chi connectivity index (χ1) is 9.15. The number of imide groups is 2. The summed E-state index contributed by atoms with van der Waals surface area (Å²) in [5.74, 6) is 0.823. The average Bonchev–Trinajstić information content (AvgIpc) is 2.39. The van der Waals surface area contributed by atoms with Crippen molar-refractivity contribution in [3.8, 4) is 0 Å². The van der Waals surface area contributed by atoms with Gasteiger partial charge in [0.25, 0.3) is 11.8 Å². The molecule has 0 aliphatic carbocycles. The quantitative estimate of drug-likeness (QED) is 0.637. The third-order valence-corrected chi connectivity index (χ3v) is 5.47. The molecule has 0 bridgehead atoms. The third-order valence-electron chi connectivity index (χ3n) is 2.85. The molecular weight excluding hydrogens is 284 g/mol. The summed E-state index contributed by atoms with van der Waals surface area (Å²) in [5.41, 5.74) is 0.144. The minimum absolute atomic E-state index is 0.144. The molecule has 5 nitrogen and oxygen atoms in total. The molecule has 0 unspecified atom stereocenters. The zero-order chi connectivity index (χ0) is 13.8. The lowest BCUT2D eigenvalue weighted by Crippen LogP contribution is -2.54. The summed E-state index contributed by atoms with van der Waals surface area (Å²) in [4.78, 5) is 37.0. The highest BCUT2D eigenvalue weighted by Crippen LogP contribution is 2.38. The molecule has 0 aromatic carbocycles. The van der Waals surface area contributed by atoms with Gasteiger partial charge in [-0.25, -0.2) is 4.79 Å². The zero-order valence-corrected chi connectivity index (χ0v) is 12.4. The van der Waals surface area contributed by atoms with Crippen LogP contribution in [-0.4, -0.2) is 40.8 Å². The van der Waals surface area contributed by atoms with Crippen molar-refractivity contribution in [1.29, 1.82) is 0 Å². The lowest BCUT2D eigenvalue weighted by atomic mass is 10.2. The Morgan fingerprint density at radius 2 is 1.89 bits per heavy atom. The zero-order valence-electron chi connectivity index (χ0n) is 10.7. The highest BCUT2D eigenvalue weighted by molar-refractivity contribution is 8.22. The van der Waals surface area contributed by atoms with Crippen molar-refractivity contribution in [2.24, 2.45) is 0 Å². The molecule has 2 heterocycles. The fourth-order valence-corrected chi connectivity index (χ4v) is 4.44. The van der Waals surface area contributed by atoms with Crippen LogP contribution in [0.5, 0.6) is 0 Å². The van der Waals surface area contributed by atoms with Crippen molar-refractivity contribution in [1.82, 2.24) is 10.2 Å². The third kappa shape index (κ3) is 3.14. The van der Waals surface area contributed by atoms with E-state index in [9.17, 15) is 14.4 Å². The topological polar surface area (TPSA) is 66.5 Å². The predicted molar refractivity (Wildman–Crippen MR) is 76.7 cm³/mol. The first kappa shape index (κ1) is 14.5. The maximum Gasteiger partial charge on any atom is 0.331 e. The molecule has 1 N–H and O–H groups in total. The number of carbonyl (C=O) groups excluding carboxylic acids is 3. The summed E-state index contributed by atoms with van der Waals surface area (Å²) >= 11 is 3.05. The van der Waals surface area contributed by atoms with Crippen molar-refractivity contribution in [3.63, 3.8) is 0 Å². The number of amides is 4. The van der Waals surface area contributed by atoms with E-state index in [4.69, 9.17) is 0 Å². The summed E-state index contributed by atoms with van der Waals surface area (Å²) in [6, 6.07) is -0.599. The van der Waals surface area contributed by atoms with Gasteiger partial charge in [-0.05, 0) is 24.3 Å². The van der Waals surface area contributed by atoms with Gasteiger partial charge in [0.1, 0.15) is 5.57 Å². The summed E-state index contributed by atoms with van der Waals surface area (Å²) in [7, 11) is 0. The second-order valence-corrected chi connectivity index (χ2v) is 6.75. The molecule has 0 saturated carbocycles.